The fourth-order valence-corrected chi connectivity index (χ4v) is 2.82. The number of rotatable bonds is 8. The zero-order valence-corrected chi connectivity index (χ0v) is 18.1. The van der Waals surface area contributed by atoms with Crippen molar-refractivity contribution in [2.24, 2.45) is 0 Å². The highest BCUT2D eigenvalue weighted by Crippen LogP contribution is 2.07. The molecule has 0 bridgehead atoms. The smallest absolute Gasteiger partial charge is 0.358 e. The van der Waals surface area contributed by atoms with Crippen LogP contribution in [-0.2, 0) is 13.1 Å². The lowest BCUT2D eigenvalue weighted by Crippen LogP contribution is -1.97. The number of hydrogen-bond acceptors (Lipinski definition) is 6. The van der Waals surface area contributed by atoms with E-state index in [0.717, 1.165) is 11.1 Å². The topological polar surface area (TPSA) is 122 Å². The summed E-state index contributed by atoms with van der Waals surface area (Å²) in [5, 5.41) is 28.5. The first-order valence-corrected chi connectivity index (χ1v) is 10.3. The Morgan fingerprint density at radius 2 is 1.03 bits per heavy atom. The Kier molecular flexibility index (Phi) is 8.57. The molecule has 2 heterocycles. The molecule has 0 N–H and O–H groups in total. The summed E-state index contributed by atoms with van der Waals surface area (Å²) in [5.41, 5.74) is 2.18. The van der Waals surface area contributed by atoms with Crippen molar-refractivity contribution in [2.45, 2.75) is 13.1 Å². The van der Waals surface area contributed by atoms with Crippen molar-refractivity contribution in [1.82, 2.24) is 19.6 Å². The molecule has 4 rings (SSSR count). The third kappa shape index (κ3) is 7.68. The van der Waals surface area contributed by atoms with Gasteiger partial charge in [0.2, 0.25) is 0 Å². The van der Waals surface area contributed by atoms with Gasteiger partial charge in [0.05, 0.1) is 47.8 Å². The molecule has 4 aromatic rings. The number of benzene rings is 2. The Bertz CT molecular complexity index is 1160. The maximum Gasteiger partial charge on any atom is 0.389 e. The molecule has 0 aliphatic carbocycles. The van der Waals surface area contributed by atoms with Crippen LogP contribution in [0.25, 0.3) is 12.2 Å². The van der Waals surface area contributed by atoms with Crippen LogP contribution in [0.1, 0.15) is 11.1 Å². The highest BCUT2D eigenvalue weighted by Gasteiger charge is 2.09. The first kappa shape index (κ1) is 23.8. The van der Waals surface area contributed by atoms with Crippen molar-refractivity contribution in [3.63, 3.8) is 0 Å². The van der Waals surface area contributed by atoms with Crippen molar-refractivity contribution in [3.05, 3.63) is 129 Å². The SMILES string of the molecule is O=[N+]([O-])c1ccn(C/C=C/c2ccccc2)n1.O=[N+]([O-])c1ccn(C/C=C/c2ccccc2)n1. The minimum atomic E-state index is -0.503. The maximum absolute atomic E-state index is 10.4. The second-order valence-electron chi connectivity index (χ2n) is 6.93. The fraction of sp³-hybridized carbons (Fsp3) is 0.0833. The lowest BCUT2D eigenvalue weighted by Gasteiger charge is -1.91. The molecule has 0 spiro atoms. The van der Waals surface area contributed by atoms with E-state index in [9.17, 15) is 20.2 Å². The van der Waals surface area contributed by atoms with E-state index in [0.29, 0.717) is 13.1 Å². The van der Waals surface area contributed by atoms with Crippen LogP contribution in [0.4, 0.5) is 11.6 Å². The third-order valence-electron chi connectivity index (χ3n) is 4.43. The Hall–Kier alpha value is -4.86. The molecule has 0 saturated carbocycles. The van der Waals surface area contributed by atoms with Gasteiger partial charge in [-0.25, -0.2) is 0 Å². The molecule has 0 amide bonds. The van der Waals surface area contributed by atoms with Gasteiger partial charge in [-0.15, -0.1) is 0 Å². The minimum Gasteiger partial charge on any atom is -0.358 e. The summed E-state index contributed by atoms with van der Waals surface area (Å²) in [6.07, 6.45) is 10.9. The molecule has 0 saturated heterocycles. The van der Waals surface area contributed by atoms with Gasteiger partial charge in [-0.1, -0.05) is 85.0 Å². The van der Waals surface area contributed by atoms with Crippen LogP contribution < -0.4 is 0 Å². The van der Waals surface area contributed by atoms with Crippen LogP contribution >= 0.6 is 0 Å². The van der Waals surface area contributed by atoms with Crippen LogP contribution in [0.5, 0.6) is 0 Å². The summed E-state index contributed by atoms with van der Waals surface area (Å²) in [5.74, 6) is -0.253. The highest BCUT2D eigenvalue weighted by atomic mass is 16.6. The summed E-state index contributed by atoms with van der Waals surface area (Å²) >= 11 is 0. The van der Waals surface area contributed by atoms with Gasteiger partial charge in [-0.05, 0) is 21.0 Å². The van der Waals surface area contributed by atoms with Gasteiger partial charge in [-0.2, -0.15) is 9.36 Å². The molecular formula is C24H22N6O4. The second kappa shape index (κ2) is 12.2. The Morgan fingerprint density at radius 3 is 1.35 bits per heavy atom. The van der Waals surface area contributed by atoms with Gasteiger partial charge in [0.15, 0.2) is 0 Å². The van der Waals surface area contributed by atoms with E-state index in [-0.39, 0.29) is 11.6 Å². The zero-order chi connectivity index (χ0) is 24.2. The first-order chi connectivity index (χ1) is 16.5. The van der Waals surface area contributed by atoms with Gasteiger partial charge >= 0.3 is 11.6 Å². The van der Waals surface area contributed by atoms with Crippen LogP contribution in [0.15, 0.2) is 97.3 Å². The highest BCUT2D eigenvalue weighted by molar-refractivity contribution is 5.49. The maximum atomic E-state index is 10.4. The van der Waals surface area contributed by atoms with Crippen molar-refractivity contribution in [3.8, 4) is 0 Å². The first-order valence-electron chi connectivity index (χ1n) is 10.3. The quantitative estimate of drug-likeness (QED) is 0.270. The molecule has 10 nitrogen and oxygen atoms in total. The van der Waals surface area contributed by atoms with Crippen LogP contribution in [-0.4, -0.2) is 29.4 Å². The molecular weight excluding hydrogens is 436 g/mol. The molecule has 172 valence electrons. The lowest BCUT2D eigenvalue weighted by molar-refractivity contribution is -0.390. The van der Waals surface area contributed by atoms with Gasteiger partial charge in [0.25, 0.3) is 0 Å². The zero-order valence-electron chi connectivity index (χ0n) is 18.1. The van der Waals surface area contributed by atoms with Gasteiger partial charge < -0.3 is 20.2 Å². The fourth-order valence-electron chi connectivity index (χ4n) is 2.82. The summed E-state index contributed by atoms with van der Waals surface area (Å²) in [6.45, 7) is 1.03. The Balaban J connectivity index is 0.000000191. The number of allylic oxidation sites excluding steroid dienone is 2. The summed E-state index contributed by atoms with van der Waals surface area (Å²) in [6, 6.07) is 22.5. The van der Waals surface area contributed by atoms with Crippen molar-refractivity contribution in [1.29, 1.82) is 0 Å². The van der Waals surface area contributed by atoms with Gasteiger partial charge in [0.1, 0.15) is 0 Å². The van der Waals surface area contributed by atoms with E-state index in [1.54, 1.807) is 12.4 Å². The summed E-state index contributed by atoms with van der Waals surface area (Å²) < 4.78 is 3.05. The van der Waals surface area contributed by atoms with Crippen molar-refractivity contribution in [2.75, 3.05) is 0 Å². The standard InChI is InChI=1S/2C12H11N3O2/c2*16-15(17)12-8-10-14(13-12)9-4-7-11-5-2-1-3-6-11/h2*1-8,10H,9H2/b2*7-4+. The number of nitrogens with zero attached hydrogens (tertiary/aromatic N) is 6. The van der Waals surface area contributed by atoms with Crippen LogP contribution in [0, 0.1) is 20.2 Å². The molecule has 2 aromatic carbocycles. The number of aromatic nitrogens is 4. The molecule has 0 aliphatic heterocycles. The predicted molar refractivity (Wildman–Crippen MR) is 129 cm³/mol. The molecule has 34 heavy (non-hydrogen) atoms. The lowest BCUT2D eigenvalue weighted by atomic mass is 10.2. The third-order valence-corrected chi connectivity index (χ3v) is 4.43. The summed E-state index contributed by atoms with van der Waals surface area (Å²) in [7, 11) is 0. The second-order valence-corrected chi connectivity index (χ2v) is 6.93. The van der Waals surface area contributed by atoms with E-state index >= 15 is 0 Å². The van der Waals surface area contributed by atoms with Crippen LogP contribution in [0.3, 0.4) is 0 Å². The van der Waals surface area contributed by atoms with Gasteiger partial charge in [0, 0.05) is 0 Å². The van der Waals surface area contributed by atoms with E-state index in [2.05, 4.69) is 10.2 Å². The average molecular weight is 458 g/mol. The molecule has 0 atom stereocenters. The largest absolute Gasteiger partial charge is 0.389 e. The molecule has 0 fully saturated rings. The monoisotopic (exact) mass is 458 g/mol. The molecule has 0 unspecified atom stereocenters. The van der Waals surface area contributed by atoms with E-state index < -0.39 is 9.85 Å². The number of hydrogen-bond donors (Lipinski definition) is 0. The predicted octanol–water partition coefficient (Wildman–Crippen LogP) is 5.01. The van der Waals surface area contributed by atoms with E-state index in [4.69, 9.17) is 0 Å². The molecule has 0 aliphatic rings. The Labute approximate surface area is 195 Å². The molecule has 0 radical (unpaired) electrons. The normalized spacial score (nSPS) is 10.8. The van der Waals surface area contributed by atoms with Crippen LogP contribution in [0.2, 0.25) is 0 Å². The van der Waals surface area contributed by atoms with Crippen molar-refractivity contribution >= 4 is 23.8 Å². The van der Waals surface area contributed by atoms with E-state index in [1.807, 2.05) is 85.0 Å². The number of nitro groups is 2. The Morgan fingerprint density at radius 1 is 0.647 bits per heavy atom. The minimum absolute atomic E-state index is 0.127. The van der Waals surface area contributed by atoms with E-state index in [1.165, 1.54) is 21.5 Å². The summed E-state index contributed by atoms with van der Waals surface area (Å²) in [4.78, 5) is 19.8. The molecule has 10 heteroatoms. The van der Waals surface area contributed by atoms with Crippen molar-refractivity contribution < 1.29 is 9.85 Å². The average Bonchev–Trinajstić information content (AvgIpc) is 3.51. The molecule has 2 aromatic heterocycles. The van der Waals surface area contributed by atoms with Gasteiger partial charge in [-0.3, -0.25) is 0 Å².